The zero-order valence-electron chi connectivity index (χ0n) is 5.89. The fraction of sp³-hybridized carbons (Fsp3) is 0.286. The molecule has 11 heavy (non-hydrogen) atoms. The monoisotopic (exact) mass is 152 g/mol. The van der Waals surface area contributed by atoms with Crippen LogP contribution >= 0.6 is 0 Å². The summed E-state index contributed by atoms with van der Waals surface area (Å²) in [4.78, 5) is 10.7. The molecule has 4 heteroatoms. The van der Waals surface area contributed by atoms with Crippen LogP contribution in [-0.4, -0.2) is 6.67 Å². The van der Waals surface area contributed by atoms with Gasteiger partial charge in [-0.1, -0.05) is 0 Å². The van der Waals surface area contributed by atoms with Gasteiger partial charge in [-0.3, -0.25) is 5.32 Å². The summed E-state index contributed by atoms with van der Waals surface area (Å²) >= 11 is 0. The van der Waals surface area contributed by atoms with Gasteiger partial charge in [-0.25, -0.2) is 4.79 Å². The summed E-state index contributed by atoms with van der Waals surface area (Å²) < 4.78 is 4.69. The average Bonchev–Trinajstić information content (AvgIpc) is 2.04. The Morgan fingerprint density at radius 3 is 3.36 bits per heavy atom. The summed E-state index contributed by atoms with van der Waals surface area (Å²) in [7, 11) is 0. The Kier molecular flexibility index (Phi) is 1.40. The molecule has 58 valence electrons. The van der Waals surface area contributed by atoms with E-state index in [1.165, 1.54) is 12.3 Å². The molecule has 1 aromatic rings. The molecular formula is C7H8N2O2. The molecule has 0 saturated heterocycles. The molecule has 0 fully saturated rings. The summed E-state index contributed by atoms with van der Waals surface area (Å²) in [6.07, 6.45) is 1.48. The van der Waals surface area contributed by atoms with Crippen LogP contribution in [0.5, 0.6) is 0 Å². The predicted octanol–water partition coefficient (Wildman–Crippen LogP) is 0.112. The van der Waals surface area contributed by atoms with Gasteiger partial charge in [0, 0.05) is 23.9 Å². The van der Waals surface area contributed by atoms with Gasteiger partial charge in [-0.05, 0) is 0 Å². The Bertz CT molecular complexity index is 318. The summed E-state index contributed by atoms with van der Waals surface area (Å²) in [5, 5.41) is 6.12. The summed E-state index contributed by atoms with van der Waals surface area (Å²) in [6.45, 7) is 1.46. The number of hydrogen-bond acceptors (Lipinski definition) is 4. The van der Waals surface area contributed by atoms with E-state index in [1.807, 2.05) is 0 Å². The molecule has 1 aromatic heterocycles. The molecular weight excluding hydrogens is 144 g/mol. The Hall–Kier alpha value is -1.29. The fourth-order valence-corrected chi connectivity index (χ4v) is 1.09. The van der Waals surface area contributed by atoms with Gasteiger partial charge in [0.15, 0.2) is 0 Å². The van der Waals surface area contributed by atoms with E-state index in [1.54, 1.807) is 0 Å². The second-order valence-electron chi connectivity index (χ2n) is 2.42. The molecule has 2 N–H and O–H groups in total. The van der Waals surface area contributed by atoms with Crippen molar-refractivity contribution < 1.29 is 4.42 Å². The van der Waals surface area contributed by atoms with Gasteiger partial charge in [0.2, 0.25) is 0 Å². The van der Waals surface area contributed by atoms with Crippen LogP contribution in [0.2, 0.25) is 0 Å². The minimum Gasteiger partial charge on any atom is -0.431 e. The van der Waals surface area contributed by atoms with Gasteiger partial charge in [0.05, 0.1) is 6.67 Å². The maximum absolute atomic E-state index is 10.7. The molecule has 0 unspecified atom stereocenters. The number of anilines is 1. The van der Waals surface area contributed by atoms with Crippen LogP contribution in [-0.2, 0) is 6.54 Å². The van der Waals surface area contributed by atoms with Gasteiger partial charge in [-0.15, -0.1) is 0 Å². The van der Waals surface area contributed by atoms with Crippen LogP contribution in [0.25, 0.3) is 0 Å². The van der Waals surface area contributed by atoms with Gasteiger partial charge in [0.1, 0.15) is 6.26 Å². The first-order valence-corrected chi connectivity index (χ1v) is 3.42. The number of nitrogens with one attached hydrogen (secondary N) is 2. The first-order valence-electron chi connectivity index (χ1n) is 3.42. The molecule has 0 radical (unpaired) electrons. The van der Waals surface area contributed by atoms with Crippen molar-refractivity contribution in [1.82, 2.24) is 5.32 Å². The van der Waals surface area contributed by atoms with Crippen molar-refractivity contribution >= 4 is 5.69 Å². The van der Waals surface area contributed by atoms with Crippen molar-refractivity contribution in [3.63, 3.8) is 0 Å². The Balaban J connectivity index is 2.51. The fourth-order valence-electron chi connectivity index (χ4n) is 1.09. The quantitative estimate of drug-likeness (QED) is 0.554. The van der Waals surface area contributed by atoms with Crippen molar-refractivity contribution in [2.24, 2.45) is 0 Å². The maximum Gasteiger partial charge on any atom is 0.337 e. The van der Waals surface area contributed by atoms with Crippen molar-refractivity contribution in [3.05, 3.63) is 28.3 Å². The third-order valence-corrected chi connectivity index (χ3v) is 1.64. The maximum atomic E-state index is 10.7. The second kappa shape index (κ2) is 2.39. The van der Waals surface area contributed by atoms with E-state index in [2.05, 4.69) is 15.1 Å². The van der Waals surface area contributed by atoms with Crippen molar-refractivity contribution in [2.45, 2.75) is 6.54 Å². The zero-order valence-corrected chi connectivity index (χ0v) is 5.89. The van der Waals surface area contributed by atoms with Crippen LogP contribution in [0, 0.1) is 0 Å². The molecule has 0 atom stereocenters. The molecule has 1 aliphatic rings. The molecule has 0 bridgehead atoms. The SMILES string of the molecule is O=c1cc2c(co1)CNCN2. The molecule has 0 aliphatic carbocycles. The molecule has 0 saturated carbocycles. The third-order valence-electron chi connectivity index (χ3n) is 1.64. The first kappa shape index (κ1) is 6.42. The number of hydrogen-bond donors (Lipinski definition) is 2. The number of fused-ring (bicyclic) bond motifs is 1. The van der Waals surface area contributed by atoms with Crippen LogP contribution in [0.1, 0.15) is 5.56 Å². The summed E-state index contributed by atoms with van der Waals surface area (Å²) in [5.74, 6) is 0. The van der Waals surface area contributed by atoms with Crippen LogP contribution in [0.4, 0.5) is 5.69 Å². The lowest BCUT2D eigenvalue weighted by Gasteiger charge is -2.16. The van der Waals surface area contributed by atoms with Crippen molar-refractivity contribution in [2.75, 3.05) is 12.0 Å². The minimum atomic E-state index is -0.307. The molecule has 0 amide bonds. The molecule has 0 spiro atoms. The third kappa shape index (κ3) is 1.12. The van der Waals surface area contributed by atoms with Crippen LogP contribution in [0.15, 0.2) is 21.5 Å². The first-order chi connectivity index (χ1) is 5.36. The average molecular weight is 152 g/mol. The molecule has 1 aliphatic heterocycles. The van der Waals surface area contributed by atoms with E-state index >= 15 is 0 Å². The van der Waals surface area contributed by atoms with E-state index < -0.39 is 0 Å². The highest BCUT2D eigenvalue weighted by Gasteiger charge is 2.07. The van der Waals surface area contributed by atoms with Crippen LogP contribution < -0.4 is 16.3 Å². The molecule has 4 nitrogen and oxygen atoms in total. The Morgan fingerprint density at radius 2 is 2.45 bits per heavy atom. The van der Waals surface area contributed by atoms with E-state index in [9.17, 15) is 4.79 Å². The number of rotatable bonds is 0. The van der Waals surface area contributed by atoms with E-state index in [-0.39, 0.29) is 5.63 Å². The predicted molar refractivity (Wildman–Crippen MR) is 40.3 cm³/mol. The van der Waals surface area contributed by atoms with Gasteiger partial charge < -0.3 is 9.73 Å². The Labute approximate surface area is 63.2 Å². The van der Waals surface area contributed by atoms with E-state index in [0.29, 0.717) is 6.67 Å². The molecule has 2 rings (SSSR count). The van der Waals surface area contributed by atoms with Crippen molar-refractivity contribution in [1.29, 1.82) is 0 Å². The lowest BCUT2D eigenvalue weighted by molar-refractivity contribution is 0.497. The summed E-state index contributed by atoms with van der Waals surface area (Å²) in [6, 6.07) is 1.47. The van der Waals surface area contributed by atoms with Crippen molar-refractivity contribution in [3.8, 4) is 0 Å². The van der Waals surface area contributed by atoms with Gasteiger partial charge in [-0.2, -0.15) is 0 Å². The molecule has 2 heterocycles. The standard InChI is InChI=1S/C7H8N2O2/c10-7-1-6-5(3-11-7)2-8-4-9-6/h1,3,8-9H,2,4H2. The van der Waals surface area contributed by atoms with E-state index in [4.69, 9.17) is 0 Å². The second-order valence-corrected chi connectivity index (χ2v) is 2.42. The molecule has 0 aromatic carbocycles. The normalized spacial score (nSPS) is 15.3. The van der Waals surface area contributed by atoms with Gasteiger partial charge in [0.25, 0.3) is 0 Å². The zero-order chi connectivity index (χ0) is 7.68. The lowest BCUT2D eigenvalue weighted by atomic mass is 10.2. The smallest absolute Gasteiger partial charge is 0.337 e. The highest BCUT2D eigenvalue weighted by Crippen LogP contribution is 2.13. The topological polar surface area (TPSA) is 54.3 Å². The van der Waals surface area contributed by atoms with E-state index in [0.717, 1.165) is 17.8 Å². The van der Waals surface area contributed by atoms with Crippen LogP contribution in [0.3, 0.4) is 0 Å². The Morgan fingerprint density at radius 1 is 1.55 bits per heavy atom. The minimum absolute atomic E-state index is 0.307. The highest BCUT2D eigenvalue weighted by molar-refractivity contribution is 5.49. The largest absolute Gasteiger partial charge is 0.431 e. The van der Waals surface area contributed by atoms with Gasteiger partial charge >= 0.3 is 5.63 Å². The summed E-state index contributed by atoms with van der Waals surface area (Å²) in [5.41, 5.74) is 1.56. The highest BCUT2D eigenvalue weighted by atomic mass is 16.4. The lowest BCUT2D eigenvalue weighted by Crippen LogP contribution is -2.28.